The Labute approximate surface area is 299 Å². The van der Waals surface area contributed by atoms with E-state index in [-0.39, 0.29) is 30.6 Å². The van der Waals surface area contributed by atoms with Gasteiger partial charge in [-0.05, 0) is 86.0 Å². The molecule has 11 heteroatoms. The van der Waals surface area contributed by atoms with Crippen LogP contribution in [0.5, 0.6) is 11.5 Å². The van der Waals surface area contributed by atoms with Crippen molar-refractivity contribution in [2.24, 2.45) is 5.92 Å². The highest BCUT2D eigenvalue weighted by Crippen LogP contribution is 2.39. The summed E-state index contributed by atoms with van der Waals surface area (Å²) in [6, 6.07) is 19.2. The van der Waals surface area contributed by atoms with Gasteiger partial charge in [0.2, 0.25) is 0 Å². The van der Waals surface area contributed by atoms with Crippen LogP contribution in [0.4, 0.5) is 10.5 Å². The summed E-state index contributed by atoms with van der Waals surface area (Å²) in [4.78, 5) is 26.9. The normalized spacial score (nSPS) is 15.4. The maximum Gasteiger partial charge on any atom is 0.410 e. The van der Waals surface area contributed by atoms with Crippen LogP contribution in [0.25, 0.3) is 0 Å². The minimum atomic E-state index is -0.396. The fourth-order valence-corrected chi connectivity index (χ4v) is 7.00. The third kappa shape index (κ3) is 11.3. The summed E-state index contributed by atoms with van der Waals surface area (Å²) in [5.74, 6) is 0.707. The molecule has 264 valence electrons. The van der Waals surface area contributed by atoms with Gasteiger partial charge in [-0.15, -0.1) is 0 Å². The quantitative estimate of drug-likeness (QED) is 0.0698. The van der Waals surface area contributed by atoms with Crippen molar-refractivity contribution in [3.05, 3.63) is 87.4 Å². The Morgan fingerprint density at radius 3 is 2.51 bits per heavy atom. The molecule has 1 unspecified atom stereocenters. The summed E-state index contributed by atoms with van der Waals surface area (Å²) in [6.45, 7) is 3.21. The van der Waals surface area contributed by atoms with Gasteiger partial charge in [0.25, 0.3) is 5.91 Å². The number of ether oxygens (including phenoxy) is 2. The number of anilines is 1. The van der Waals surface area contributed by atoms with Gasteiger partial charge in [-0.1, -0.05) is 91.3 Å². The second-order valence-electron chi connectivity index (χ2n) is 12.9. The maximum atomic E-state index is 13.3. The first-order valence-electron chi connectivity index (χ1n) is 17.5. The van der Waals surface area contributed by atoms with Gasteiger partial charge in [-0.2, -0.15) is 0 Å². The van der Waals surface area contributed by atoms with Crippen LogP contribution < -0.4 is 20.7 Å². The first-order valence-corrected chi connectivity index (χ1v) is 18.2. The highest BCUT2D eigenvalue weighted by molar-refractivity contribution is 6.42. The molecule has 1 saturated carbocycles. The molecule has 2 amide bonds. The van der Waals surface area contributed by atoms with Crippen molar-refractivity contribution in [3.8, 4) is 11.5 Å². The number of fused-ring (bicyclic) bond motifs is 1. The Morgan fingerprint density at radius 1 is 0.939 bits per heavy atom. The molecule has 0 spiro atoms. The molecule has 1 atom stereocenters. The number of hydrogen-bond donors (Lipinski definition) is 4. The van der Waals surface area contributed by atoms with Crippen LogP contribution in [0.15, 0.2) is 60.7 Å². The molecule has 5 rings (SSSR count). The van der Waals surface area contributed by atoms with Gasteiger partial charge in [0, 0.05) is 25.7 Å². The highest BCUT2D eigenvalue weighted by atomic mass is 35.5. The number of hydrogen-bond acceptors (Lipinski definition) is 7. The van der Waals surface area contributed by atoms with E-state index >= 15 is 0 Å². The number of nitrogens with zero attached hydrogens (tertiary/aromatic N) is 1. The lowest BCUT2D eigenvalue weighted by Crippen LogP contribution is -2.42. The predicted octanol–water partition coefficient (Wildman–Crippen LogP) is 7.36. The Balaban J connectivity index is 1.16. The van der Waals surface area contributed by atoms with Crippen LogP contribution in [0, 0.1) is 5.92 Å². The number of halogens is 2. The SMILES string of the molecule is O=C1COc2c(CCN(CCNCCC(NCCc3ccc(Cl)c(Cl)c3)C3CCCCCC3)C(=O)OCc3ccccc3)ccc(O)c2N1. The number of carbonyl (C=O) groups excluding carboxylic acids is 2. The smallest absolute Gasteiger partial charge is 0.410 e. The van der Waals surface area contributed by atoms with Crippen LogP contribution in [0.2, 0.25) is 10.0 Å². The standard InChI is InChI=1S/C38H48Cl2N4O5/c39-31-14-12-27(24-32(31)40)16-20-42-33(29-10-6-1-2-7-11-29)17-19-41-21-23-44(38(47)49-25-28-8-4-3-5-9-28)22-18-30-13-15-34(45)36-37(30)48-26-35(46)43-36/h3-5,8-9,12-15,24,29,33,41-42,45H,1-2,6-7,10-11,16-23,25-26H2,(H,43,46). The summed E-state index contributed by atoms with van der Waals surface area (Å²) in [5, 5.41) is 21.6. The van der Waals surface area contributed by atoms with E-state index in [9.17, 15) is 14.7 Å². The number of phenolic OH excluding ortho intramolecular Hbond substituents is 1. The van der Waals surface area contributed by atoms with E-state index in [4.69, 9.17) is 32.7 Å². The topological polar surface area (TPSA) is 112 Å². The number of rotatable bonds is 16. The first kappa shape index (κ1) is 36.8. The number of carbonyl (C=O) groups is 2. The third-order valence-electron chi connectivity index (χ3n) is 9.41. The molecule has 49 heavy (non-hydrogen) atoms. The van der Waals surface area contributed by atoms with Crippen LogP contribution in [-0.2, 0) is 29.0 Å². The Morgan fingerprint density at radius 2 is 1.73 bits per heavy atom. The lowest BCUT2D eigenvalue weighted by atomic mass is 9.89. The van der Waals surface area contributed by atoms with E-state index < -0.39 is 6.09 Å². The van der Waals surface area contributed by atoms with Crippen LogP contribution in [-0.4, -0.2) is 67.4 Å². The zero-order valence-electron chi connectivity index (χ0n) is 28.0. The van der Waals surface area contributed by atoms with E-state index in [1.807, 2.05) is 48.5 Å². The summed E-state index contributed by atoms with van der Waals surface area (Å²) in [6.07, 6.45) is 9.64. The molecule has 2 aliphatic rings. The van der Waals surface area contributed by atoms with E-state index in [0.717, 1.165) is 37.1 Å². The number of nitrogens with one attached hydrogen (secondary N) is 3. The molecule has 1 aliphatic carbocycles. The van der Waals surface area contributed by atoms with E-state index in [1.165, 1.54) is 50.2 Å². The molecular formula is C38H48Cl2N4O5. The van der Waals surface area contributed by atoms with Gasteiger partial charge >= 0.3 is 6.09 Å². The Hall–Kier alpha value is -3.50. The molecule has 3 aromatic carbocycles. The van der Waals surface area contributed by atoms with Crippen LogP contribution >= 0.6 is 23.2 Å². The average Bonchev–Trinajstić information content (AvgIpc) is 3.40. The van der Waals surface area contributed by atoms with Crippen molar-refractivity contribution in [1.29, 1.82) is 0 Å². The predicted molar refractivity (Wildman–Crippen MR) is 195 cm³/mol. The molecule has 0 saturated heterocycles. The number of benzene rings is 3. The van der Waals surface area contributed by atoms with E-state index in [1.54, 1.807) is 11.0 Å². The first-order chi connectivity index (χ1) is 23.9. The highest BCUT2D eigenvalue weighted by Gasteiger charge is 2.25. The van der Waals surface area contributed by atoms with Gasteiger partial charge in [0.1, 0.15) is 18.0 Å². The van der Waals surface area contributed by atoms with Crippen molar-refractivity contribution in [3.63, 3.8) is 0 Å². The molecule has 0 radical (unpaired) electrons. The Bertz CT molecular complexity index is 1520. The zero-order chi connectivity index (χ0) is 34.4. The number of phenols is 1. The summed E-state index contributed by atoms with van der Waals surface area (Å²) >= 11 is 12.4. The second kappa shape index (κ2) is 19.0. The van der Waals surface area contributed by atoms with Gasteiger partial charge in [0.15, 0.2) is 12.4 Å². The minimum Gasteiger partial charge on any atom is -0.506 e. The molecule has 0 aromatic heterocycles. The fraction of sp³-hybridized carbons (Fsp3) is 0.474. The van der Waals surface area contributed by atoms with Crippen molar-refractivity contribution in [2.75, 3.05) is 44.6 Å². The van der Waals surface area contributed by atoms with Crippen LogP contribution in [0.3, 0.4) is 0 Å². The zero-order valence-corrected chi connectivity index (χ0v) is 29.5. The molecule has 0 bridgehead atoms. The van der Waals surface area contributed by atoms with Crippen molar-refractivity contribution < 1.29 is 24.2 Å². The van der Waals surface area contributed by atoms with Gasteiger partial charge in [-0.3, -0.25) is 4.79 Å². The number of amides is 2. The van der Waals surface area contributed by atoms with Crippen molar-refractivity contribution in [2.45, 2.75) is 70.4 Å². The molecule has 9 nitrogen and oxygen atoms in total. The molecule has 1 heterocycles. The third-order valence-corrected chi connectivity index (χ3v) is 10.1. The second-order valence-corrected chi connectivity index (χ2v) is 13.7. The average molecular weight is 712 g/mol. The van der Waals surface area contributed by atoms with E-state index in [2.05, 4.69) is 16.0 Å². The van der Waals surface area contributed by atoms with Gasteiger partial charge < -0.3 is 35.4 Å². The molecule has 1 aliphatic heterocycles. The van der Waals surface area contributed by atoms with Crippen molar-refractivity contribution in [1.82, 2.24) is 15.5 Å². The lowest BCUT2D eigenvalue weighted by molar-refractivity contribution is -0.118. The van der Waals surface area contributed by atoms with Gasteiger partial charge in [-0.25, -0.2) is 4.79 Å². The number of aromatic hydroxyl groups is 1. The summed E-state index contributed by atoms with van der Waals surface area (Å²) < 4.78 is 11.4. The van der Waals surface area contributed by atoms with E-state index in [0.29, 0.717) is 53.8 Å². The fourth-order valence-electron chi connectivity index (χ4n) is 6.68. The van der Waals surface area contributed by atoms with Crippen LogP contribution in [0.1, 0.15) is 61.6 Å². The Kier molecular flexibility index (Phi) is 14.3. The molecular weight excluding hydrogens is 663 g/mol. The summed E-state index contributed by atoms with van der Waals surface area (Å²) in [7, 11) is 0. The maximum absolute atomic E-state index is 13.3. The molecule has 1 fully saturated rings. The minimum absolute atomic E-state index is 0.0545. The molecule has 4 N–H and O–H groups in total. The summed E-state index contributed by atoms with van der Waals surface area (Å²) in [5.41, 5.74) is 3.15. The molecule has 3 aromatic rings. The van der Waals surface area contributed by atoms with Crippen molar-refractivity contribution >= 4 is 40.9 Å². The van der Waals surface area contributed by atoms with Gasteiger partial charge in [0.05, 0.1) is 10.0 Å². The largest absolute Gasteiger partial charge is 0.506 e. The monoisotopic (exact) mass is 710 g/mol. The lowest BCUT2D eigenvalue weighted by Gasteiger charge is -2.28.